The fraction of sp³-hybridized carbons (Fsp3) is 0.217. The van der Waals surface area contributed by atoms with Crippen molar-refractivity contribution in [1.29, 1.82) is 0 Å². The molecule has 1 heterocycles. The summed E-state index contributed by atoms with van der Waals surface area (Å²) in [4.78, 5) is 36.4. The van der Waals surface area contributed by atoms with Gasteiger partial charge in [-0.15, -0.1) is 0 Å². The molecule has 0 spiro atoms. The van der Waals surface area contributed by atoms with E-state index in [1.165, 1.54) is 49.4 Å². The van der Waals surface area contributed by atoms with Gasteiger partial charge in [-0.2, -0.15) is 5.10 Å². The van der Waals surface area contributed by atoms with E-state index in [1.807, 2.05) is 5.32 Å². The number of rotatable bonds is 9. The van der Waals surface area contributed by atoms with Crippen molar-refractivity contribution in [2.24, 2.45) is 0 Å². The van der Waals surface area contributed by atoms with Crippen LogP contribution in [0.2, 0.25) is 0 Å². The van der Waals surface area contributed by atoms with Crippen molar-refractivity contribution in [3.8, 4) is 22.7 Å². The predicted molar refractivity (Wildman–Crippen MR) is 119 cm³/mol. The average molecular weight is 470 g/mol. The van der Waals surface area contributed by atoms with E-state index in [-0.39, 0.29) is 24.4 Å². The summed E-state index contributed by atoms with van der Waals surface area (Å²) < 4.78 is 29.9. The second kappa shape index (κ2) is 11.6. The molecule has 0 saturated heterocycles. The molecule has 3 aromatic rings. The largest absolute Gasteiger partial charge is 0.497 e. The van der Waals surface area contributed by atoms with E-state index in [0.717, 1.165) is 0 Å². The standard InChI is InChI=1S/C23H23FN4O6/c1-32-11-10-25-23(31)26-20(29)14-34-22(30)19-13-28(17-8-6-16(24)7-9-17)27-21(19)15-4-3-5-18(12-15)33-2/h3-9,12-13H,10-11,14H2,1-2H3,(H2,25,26,29,31). The SMILES string of the molecule is COCCNC(=O)NC(=O)COC(=O)c1cn(-c2ccc(F)cc2)nc1-c1cccc(OC)c1. The van der Waals surface area contributed by atoms with Gasteiger partial charge in [0.2, 0.25) is 0 Å². The lowest BCUT2D eigenvalue weighted by Crippen LogP contribution is -2.42. The first-order valence-corrected chi connectivity index (χ1v) is 10.1. The molecule has 34 heavy (non-hydrogen) atoms. The summed E-state index contributed by atoms with van der Waals surface area (Å²) in [5.74, 6) is -1.51. The zero-order chi connectivity index (χ0) is 24.5. The number of nitrogens with zero attached hydrogens (tertiary/aromatic N) is 2. The maximum atomic E-state index is 13.3. The number of carbonyl (C=O) groups excluding carboxylic acids is 3. The maximum absolute atomic E-state index is 13.3. The molecular weight excluding hydrogens is 447 g/mol. The van der Waals surface area contributed by atoms with Crippen LogP contribution in [0.15, 0.2) is 54.7 Å². The Morgan fingerprint density at radius 3 is 2.56 bits per heavy atom. The van der Waals surface area contributed by atoms with Gasteiger partial charge in [-0.3, -0.25) is 10.1 Å². The van der Waals surface area contributed by atoms with Crippen molar-refractivity contribution in [2.45, 2.75) is 0 Å². The van der Waals surface area contributed by atoms with Crippen molar-refractivity contribution in [3.05, 3.63) is 66.1 Å². The van der Waals surface area contributed by atoms with Crippen LogP contribution in [0, 0.1) is 5.82 Å². The highest BCUT2D eigenvalue weighted by Crippen LogP contribution is 2.27. The molecule has 0 aliphatic heterocycles. The lowest BCUT2D eigenvalue weighted by Gasteiger charge is -2.07. The predicted octanol–water partition coefficient (Wildman–Crippen LogP) is 2.32. The number of ether oxygens (including phenoxy) is 3. The minimum Gasteiger partial charge on any atom is -0.497 e. The number of halogens is 1. The fourth-order valence-electron chi connectivity index (χ4n) is 2.92. The second-order valence-electron chi connectivity index (χ2n) is 6.92. The van der Waals surface area contributed by atoms with Crippen LogP contribution < -0.4 is 15.4 Å². The molecule has 10 nitrogen and oxygen atoms in total. The van der Waals surface area contributed by atoms with Gasteiger partial charge in [-0.25, -0.2) is 18.7 Å². The van der Waals surface area contributed by atoms with Gasteiger partial charge < -0.3 is 19.5 Å². The molecule has 2 N–H and O–H groups in total. The van der Waals surface area contributed by atoms with Crippen LogP contribution in [0.1, 0.15) is 10.4 Å². The number of methoxy groups -OCH3 is 2. The van der Waals surface area contributed by atoms with Crippen LogP contribution in [0.3, 0.4) is 0 Å². The van der Waals surface area contributed by atoms with Crippen LogP contribution in [-0.4, -0.2) is 61.7 Å². The van der Waals surface area contributed by atoms with Crippen molar-refractivity contribution >= 4 is 17.9 Å². The van der Waals surface area contributed by atoms with E-state index in [1.54, 1.807) is 24.3 Å². The number of aromatic nitrogens is 2. The van der Waals surface area contributed by atoms with Gasteiger partial charge in [0.05, 0.1) is 19.4 Å². The highest BCUT2D eigenvalue weighted by Gasteiger charge is 2.21. The number of imide groups is 1. The minimum absolute atomic E-state index is 0.0647. The molecule has 0 radical (unpaired) electrons. The molecule has 2 aromatic carbocycles. The number of nitrogens with one attached hydrogen (secondary N) is 2. The zero-order valence-corrected chi connectivity index (χ0v) is 18.5. The summed E-state index contributed by atoms with van der Waals surface area (Å²) in [6, 6.07) is 11.7. The Morgan fingerprint density at radius 2 is 1.85 bits per heavy atom. The number of benzene rings is 2. The number of hydrogen-bond donors (Lipinski definition) is 2. The van der Waals surface area contributed by atoms with Gasteiger partial charge in [-0.05, 0) is 36.4 Å². The molecule has 0 bridgehead atoms. The highest BCUT2D eigenvalue weighted by molar-refractivity contribution is 5.99. The summed E-state index contributed by atoms with van der Waals surface area (Å²) in [6.07, 6.45) is 1.42. The quantitative estimate of drug-likeness (QED) is 0.364. The third-order valence-electron chi connectivity index (χ3n) is 4.55. The van der Waals surface area contributed by atoms with E-state index in [9.17, 15) is 18.8 Å². The van der Waals surface area contributed by atoms with Crippen molar-refractivity contribution < 1.29 is 33.0 Å². The molecule has 3 rings (SSSR count). The van der Waals surface area contributed by atoms with E-state index < -0.39 is 30.3 Å². The molecule has 0 saturated carbocycles. The monoisotopic (exact) mass is 470 g/mol. The minimum atomic E-state index is -0.832. The van der Waals surface area contributed by atoms with Gasteiger partial charge in [-0.1, -0.05) is 12.1 Å². The van der Waals surface area contributed by atoms with Gasteiger partial charge in [0.15, 0.2) is 6.61 Å². The number of hydrogen-bond acceptors (Lipinski definition) is 7. The zero-order valence-electron chi connectivity index (χ0n) is 18.5. The van der Waals surface area contributed by atoms with Gasteiger partial charge >= 0.3 is 12.0 Å². The third kappa shape index (κ3) is 6.39. The van der Waals surface area contributed by atoms with Crippen LogP contribution in [-0.2, 0) is 14.3 Å². The van der Waals surface area contributed by atoms with Gasteiger partial charge in [0, 0.05) is 25.4 Å². The topological polar surface area (TPSA) is 121 Å². The molecule has 1 aromatic heterocycles. The molecular formula is C23H23FN4O6. The average Bonchev–Trinajstić information content (AvgIpc) is 3.29. The van der Waals surface area contributed by atoms with Gasteiger partial charge in [0.1, 0.15) is 22.8 Å². The summed E-state index contributed by atoms with van der Waals surface area (Å²) in [5.41, 5.74) is 1.41. The van der Waals surface area contributed by atoms with E-state index >= 15 is 0 Å². The Labute approximate surface area is 194 Å². The Morgan fingerprint density at radius 1 is 1.09 bits per heavy atom. The molecule has 178 valence electrons. The van der Waals surface area contributed by atoms with Crippen LogP contribution in [0.5, 0.6) is 5.75 Å². The number of urea groups is 1. The first-order valence-electron chi connectivity index (χ1n) is 10.1. The van der Waals surface area contributed by atoms with E-state index in [4.69, 9.17) is 14.2 Å². The first kappa shape index (κ1) is 24.4. The smallest absolute Gasteiger partial charge is 0.342 e. The molecule has 0 fully saturated rings. The van der Waals surface area contributed by atoms with Crippen LogP contribution in [0.4, 0.5) is 9.18 Å². The molecule has 0 aliphatic rings. The van der Waals surface area contributed by atoms with Crippen LogP contribution >= 0.6 is 0 Å². The van der Waals surface area contributed by atoms with E-state index in [0.29, 0.717) is 17.0 Å². The normalized spacial score (nSPS) is 10.4. The number of carbonyl (C=O) groups is 3. The Bertz CT molecular complexity index is 1160. The summed E-state index contributed by atoms with van der Waals surface area (Å²) in [6.45, 7) is -0.195. The van der Waals surface area contributed by atoms with Crippen molar-refractivity contribution in [1.82, 2.24) is 20.4 Å². The number of amides is 3. The Hall–Kier alpha value is -4.25. The summed E-state index contributed by atoms with van der Waals surface area (Å²) in [7, 11) is 2.98. The Kier molecular flexibility index (Phi) is 8.30. The highest BCUT2D eigenvalue weighted by atomic mass is 19.1. The van der Waals surface area contributed by atoms with Crippen molar-refractivity contribution in [3.63, 3.8) is 0 Å². The second-order valence-corrected chi connectivity index (χ2v) is 6.92. The molecule has 0 aliphatic carbocycles. The summed E-state index contributed by atoms with van der Waals surface area (Å²) in [5, 5.41) is 8.92. The maximum Gasteiger partial charge on any atom is 0.342 e. The first-order chi connectivity index (χ1) is 16.4. The third-order valence-corrected chi connectivity index (χ3v) is 4.55. The molecule has 3 amide bonds. The van der Waals surface area contributed by atoms with Gasteiger partial charge in [0.25, 0.3) is 5.91 Å². The lowest BCUT2D eigenvalue weighted by atomic mass is 10.1. The van der Waals surface area contributed by atoms with Crippen molar-refractivity contribution in [2.75, 3.05) is 34.0 Å². The summed E-state index contributed by atoms with van der Waals surface area (Å²) >= 11 is 0. The van der Waals surface area contributed by atoms with E-state index in [2.05, 4.69) is 10.4 Å². The Balaban J connectivity index is 1.79. The molecule has 0 unspecified atom stereocenters. The number of esters is 1. The lowest BCUT2D eigenvalue weighted by molar-refractivity contribution is -0.123. The fourth-order valence-corrected chi connectivity index (χ4v) is 2.92. The molecule has 11 heteroatoms. The van der Waals surface area contributed by atoms with Crippen LogP contribution in [0.25, 0.3) is 16.9 Å². The molecule has 0 atom stereocenters.